The molecule has 0 aromatic carbocycles. The molecule has 2 heterocycles. The highest BCUT2D eigenvalue weighted by Gasteiger charge is 2.15. The number of tetrazole rings is 1. The van der Waals surface area contributed by atoms with Crippen LogP contribution in [0.1, 0.15) is 37.5 Å². The van der Waals surface area contributed by atoms with Crippen LogP contribution in [0.2, 0.25) is 0 Å². The molecule has 0 amide bonds. The molecule has 2 aromatic rings. The van der Waals surface area contributed by atoms with Crippen LogP contribution in [0.15, 0.2) is 15.9 Å². The van der Waals surface area contributed by atoms with Crippen LogP contribution in [0, 0.1) is 5.92 Å². The van der Waals surface area contributed by atoms with Crippen LogP contribution in [0.3, 0.4) is 0 Å². The Kier molecular flexibility index (Phi) is 5.06. The van der Waals surface area contributed by atoms with Crippen LogP contribution in [0.25, 0.3) is 0 Å². The molecule has 19 heavy (non-hydrogen) atoms. The summed E-state index contributed by atoms with van der Waals surface area (Å²) in [6, 6.07) is 2.20. The van der Waals surface area contributed by atoms with Gasteiger partial charge >= 0.3 is 0 Å². The van der Waals surface area contributed by atoms with Gasteiger partial charge in [-0.05, 0) is 57.2 Å². The Morgan fingerprint density at radius 2 is 2.21 bits per heavy atom. The summed E-state index contributed by atoms with van der Waals surface area (Å²) in [5.41, 5.74) is 0. The van der Waals surface area contributed by atoms with Gasteiger partial charge in [-0.25, -0.2) is 4.68 Å². The van der Waals surface area contributed by atoms with Crippen LogP contribution < -0.4 is 5.32 Å². The number of hydrogen-bond acceptors (Lipinski definition) is 5. The van der Waals surface area contributed by atoms with Gasteiger partial charge in [-0.3, -0.25) is 0 Å². The van der Waals surface area contributed by atoms with Crippen LogP contribution in [0.4, 0.5) is 0 Å². The molecular formula is C12H18BrN5S. The molecule has 5 nitrogen and oxygen atoms in total. The van der Waals surface area contributed by atoms with Gasteiger partial charge in [-0.1, -0.05) is 13.8 Å². The smallest absolute Gasteiger partial charge is 0.168 e. The molecule has 1 unspecified atom stereocenters. The summed E-state index contributed by atoms with van der Waals surface area (Å²) in [5.74, 6) is 1.49. The highest BCUT2D eigenvalue weighted by molar-refractivity contribution is 9.10. The van der Waals surface area contributed by atoms with E-state index in [0.29, 0.717) is 12.5 Å². The lowest BCUT2D eigenvalue weighted by Gasteiger charge is -2.14. The van der Waals surface area contributed by atoms with E-state index in [1.54, 1.807) is 11.3 Å². The zero-order valence-electron chi connectivity index (χ0n) is 11.3. The van der Waals surface area contributed by atoms with Gasteiger partial charge in [0.15, 0.2) is 5.82 Å². The summed E-state index contributed by atoms with van der Waals surface area (Å²) in [6.45, 7) is 8.12. The number of thiophene rings is 1. The van der Waals surface area contributed by atoms with Crippen molar-refractivity contribution in [3.8, 4) is 0 Å². The zero-order valence-corrected chi connectivity index (χ0v) is 13.7. The van der Waals surface area contributed by atoms with Crippen molar-refractivity contribution in [2.75, 3.05) is 6.54 Å². The van der Waals surface area contributed by atoms with E-state index in [-0.39, 0.29) is 6.04 Å². The third-order valence-corrected chi connectivity index (χ3v) is 4.67. The molecule has 0 bridgehead atoms. The van der Waals surface area contributed by atoms with Gasteiger partial charge in [0.2, 0.25) is 0 Å². The molecular weight excluding hydrogens is 326 g/mol. The van der Waals surface area contributed by atoms with E-state index in [9.17, 15) is 0 Å². The molecule has 7 heteroatoms. The molecule has 0 aliphatic heterocycles. The Morgan fingerprint density at radius 3 is 2.84 bits per heavy atom. The van der Waals surface area contributed by atoms with Crippen LogP contribution >= 0.6 is 27.3 Å². The maximum Gasteiger partial charge on any atom is 0.168 e. The van der Waals surface area contributed by atoms with E-state index in [1.807, 2.05) is 10.7 Å². The molecule has 2 rings (SSSR count). The van der Waals surface area contributed by atoms with Crippen LogP contribution in [-0.2, 0) is 6.54 Å². The lowest BCUT2D eigenvalue weighted by Crippen LogP contribution is -2.26. The van der Waals surface area contributed by atoms with Gasteiger partial charge in [-0.2, -0.15) is 0 Å². The predicted octanol–water partition coefficient (Wildman–Crippen LogP) is 2.85. The summed E-state index contributed by atoms with van der Waals surface area (Å²) in [4.78, 5) is 1.23. The summed E-state index contributed by atoms with van der Waals surface area (Å²) in [5, 5.41) is 17.5. The zero-order chi connectivity index (χ0) is 13.8. The van der Waals surface area contributed by atoms with Gasteiger partial charge < -0.3 is 5.32 Å². The SMILES string of the molecule is CC(C)CNC(C)c1nnnn1Cc1sccc1Br. The quantitative estimate of drug-likeness (QED) is 0.876. The largest absolute Gasteiger partial charge is 0.307 e. The molecule has 0 aliphatic carbocycles. The van der Waals surface area contributed by atoms with E-state index in [2.05, 4.69) is 62.9 Å². The van der Waals surface area contributed by atoms with E-state index >= 15 is 0 Å². The van der Waals surface area contributed by atoms with Crippen molar-refractivity contribution >= 4 is 27.3 Å². The van der Waals surface area contributed by atoms with E-state index in [1.165, 1.54) is 4.88 Å². The van der Waals surface area contributed by atoms with Crippen molar-refractivity contribution in [3.63, 3.8) is 0 Å². The van der Waals surface area contributed by atoms with Crippen molar-refractivity contribution in [2.45, 2.75) is 33.4 Å². The Bertz CT molecular complexity index is 522. The third kappa shape index (κ3) is 3.84. The molecule has 0 spiro atoms. The number of hydrogen-bond donors (Lipinski definition) is 1. The highest BCUT2D eigenvalue weighted by atomic mass is 79.9. The first-order valence-electron chi connectivity index (χ1n) is 6.29. The lowest BCUT2D eigenvalue weighted by atomic mass is 10.2. The Labute approximate surface area is 125 Å². The summed E-state index contributed by atoms with van der Waals surface area (Å²) >= 11 is 5.24. The predicted molar refractivity (Wildman–Crippen MR) is 80.2 cm³/mol. The highest BCUT2D eigenvalue weighted by Crippen LogP contribution is 2.24. The van der Waals surface area contributed by atoms with Gasteiger partial charge in [0.05, 0.1) is 12.6 Å². The molecule has 0 saturated heterocycles. The normalized spacial score (nSPS) is 13.1. The number of nitrogens with one attached hydrogen (secondary N) is 1. The molecule has 0 fully saturated rings. The van der Waals surface area contributed by atoms with E-state index in [4.69, 9.17) is 0 Å². The van der Waals surface area contributed by atoms with Gasteiger partial charge in [0.25, 0.3) is 0 Å². The minimum Gasteiger partial charge on any atom is -0.307 e. The summed E-state index contributed by atoms with van der Waals surface area (Å²) in [7, 11) is 0. The van der Waals surface area contributed by atoms with Crippen LogP contribution in [-0.4, -0.2) is 26.8 Å². The Hall–Kier alpha value is -0.790. The topological polar surface area (TPSA) is 55.6 Å². The van der Waals surface area contributed by atoms with E-state index in [0.717, 1.165) is 16.8 Å². The first kappa shape index (κ1) is 14.6. The fraction of sp³-hybridized carbons (Fsp3) is 0.583. The number of rotatable bonds is 6. The second kappa shape index (κ2) is 6.58. The first-order chi connectivity index (χ1) is 9.08. The number of halogens is 1. The standard InChI is InChI=1S/C12H18BrN5S/c1-8(2)6-14-9(3)12-15-16-17-18(12)7-11-10(13)4-5-19-11/h4-5,8-9,14H,6-7H2,1-3H3. The lowest BCUT2D eigenvalue weighted by molar-refractivity contribution is 0.462. The minimum absolute atomic E-state index is 0.149. The Balaban J connectivity index is 2.07. The molecule has 0 saturated carbocycles. The molecule has 104 valence electrons. The number of nitrogens with zero attached hydrogens (tertiary/aromatic N) is 4. The number of aromatic nitrogens is 4. The average Bonchev–Trinajstić information content (AvgIpc) is 2.97. The third-order valence-electron chi connectivity index (χ3n) is 2.76. The monoisotopic (exact) mass is 343 g/mol. The average molecular weight is 344 g/mol. The van der Waals surface area contributed by atoms with Crippen molar-refractivity contribution in [3.05, 3.63) is 26.6 Å². The van der Waals surface area contributed by atoms with Gasteiger partial charge in [-0.15, -0.1) is 16.4 Å². The second-order valence-corrected chi connectivity index (χ2v) is 6.77. The maximum absolute atomic E-state index is 4.13. The molecule has 0 aliphatic rings. The van der Waals surface area contributed by atoms with Crippen LogP contribution in [0.5, 0.6) is 0 Å². The Morgan fingerprint density at radius 1 is 1.42 bits per heavy atom. The van der Waals surface area contributed by atoms with Gasteiger partial charge in [0, 0.05) is 9.35 Å². The minimum atomic E-state index is 0.149. The fourth-order valence-corrected chi connectivity index (χ4v) is 3.17. The van der Waals surface area contributed by atoms with E-state index < -0.39 is 0 Å². The van der Waals surface area contributed by atoms with Crippen molar-refractivity contribution < 1.29 is 0 Å². The summed E-state index contributed by atoms with van der Waals surface area (Å²) in [6.07, 6.45) is 0. The molecule has 0 radical (unpaired) electrons. The second-order valence-electron chi connectivity index (χ2n) is 4.91. The fourth-order valence-electron chi connectivity index (χ4n) is 1.71. The molecule has 2 aromatic heterocycles. The first-order valence-corrected chi connectivity index (χ1v) is 7.96. The van der Waals surface area contributed by atoms with Crippen molar-refractivity contribution in [1.29, 1.82) is 0 Å². The van der Waals surface area contributed by atoms with Gasteiger partial charge in [0.1, 0.15) is 0 Å². The molecule has 1 atom stereocenters. The van der Waals surface area contributed by atoms with Crippen molar-refractivity contribution in [1.82, 2.24) is 25.5 Å². The van der Waals surface area contributed by atoms with Crippen molar-refractivity contribution in [2.24, 2.45) is 5.92 Å². The summed E-state index contributed by atoms with van der Waals surface area (Å²) < 4.78 is 2.97. The maximum atomic E-state index is 4.13. The molecule has 1 N–H and O–H groups in total.